The first-order valence-corrected chi connectivity index (χ1v) is 16.2. The van der Waals surface area contributed by atoms with E-state index in [1.54, 1.807) is 13.0 Å². The van der Waals surface area contributed by atoms with Crippen LogP contribution in [0.25, 0.3) is 11.1 Å². The number of sulfonamides is 1. The minimum absolute atomic E-state index is 0.0303. The number of aliphatic hydroxyl groups excluding tert-OH is 2. The molecule has 2 saturated heterocycles. The molecule has 2 N–H and O–H groups in total. The van der Waals surface area contributed by atoms with Crippen LogP contribution >= 0.6 is 0 Å². The van der Waals surface area contributed by atoms with Gasteiger partial charge in [0, 0.05) is 38.4 Å². The Morgan fingerprint density at radius 3 is 2.65 bits per heavy atom. The van der Waals surface area contributed by atoms with Gasteiger partial charge < -0.3 is 28.8 Å². The van der Waals surface area contributed by atoms with Gasteiger partial charge in [0.15, 0.2) is 17.8 Å². The predicted molar refractivity (Wildman–Crippen MR) is 156 cm³/mol. The normalized spacial score (nSPS) is 23.9. The molecule has 2 aliphatic rings. The summed E-state index contributed by atoms with van der Waals surface area (Å²) in [5.74, 6) is -1.25. The van der Waals surface area contributed by atoms with E-state index in [0.29, 0.717) is 36.4 Å². The molecule has 0 spiro atoms. The minimum Gasteiger partial charge on any atom is -0.462 e. The van der Waals surface area contributed by atoms with Crippen LogP contribution in [0.4, 0.5) is 0 Å². The highest BCUT2D eigenvalue weighted by molar-refractivity contribution is 7.89. The number of ether oxygens (including phenoxy) is 3. The summed E-state index contributed by atoms with van der Waals surface area (Å²) in [6.45, 7) is 5.90. The number of esters is 1. The molecule has 5 rings (SSSR count). The van der Waals surface area contributed by atoms with Gasteiger partial charge in [-0.3, -0.25) is 4.79 Å². The van der Waals surface area contributed by atoms with Crippen LogP contribution in [0.1, 0.15) is 38.1 Å². The maximum atomic E-state index is 13.9. The van der Waals surface area contributed by atoms with Crippen LogP contribution in [0.15, 0.2) is 57.8 Å². The molecule has 2 aliphatic heterocycles. The topological polar surface area (TPSA) is 149 Å². The molecule has 11 nitrogen and oxygen atoms in total. The summed E-state index contributed by atoms with van der Waals surface area (Å²) in [6, 6.07) is 14.0. The Morgan fingerprint density at radius 2 is 1.91 bits per heavy atom. The second-order valence-corrected chi connectivity index (χ2v) is 13.8. The molecule has 6 atom stereocenters. The quantitative estimate of drug-likeness (QED) is 0.291. The van der Waals surface area contributed by atoms with Gasteiger partial charge >= 0.3 is 5.97 Å². The third kappa shape index (κ3) is 7.44. The van der Waals surface area contributed by atoms with Gasteiger partial charge in [-0.2, -0.15) is 4.31 Å². The van der Waals surface area contributed by atoms with E-state index < -0.39 is 52.4 Å². The third-order valence-corrected chi connectivity index (χ3v) is 9.79. The molecule has 0 radical (unpaired) electrons. The summed E-state index contributed by atoms with van der Waals surface area (Å²) in [7, 11) is -4.03. The zero-order valence-corrected chi connectivity index (χ0v) is 25.5. The summed E-state index contributed by atoms with van der Waals surface area (Å²) in [5, 5.41) is 21.9. The highest BCUT2D eigenvalue weighted by Gasteiger charge is 2.47. The van der Waals surface area contributed by atoms with Crippen molar-refractivity contribution < 1.29 is 42.1 Å². The van der Waals surface area contributed by atoms with Crippen molar-refractivity contribution in [2.75, 3.05) is 26.3 Å². The minimum atomic E-state index is -4.03. The summed E-state index contributed by atoms with van der Waals surface area (Å²) >= 11 is 0. The van der Waals surface area contributed by atoms with E-state index in [1.165, 1.54) is 16.4 Å². The monoisotopic (exact) mass is 616 g/mol. The predicted octanol–water partition coefficient (Wildman–Crippen LogP) is 3.06. The van der Waals surface area contributed by atoms with Crippen LogP contribution in [-0.2, 0) is 35.4 Å². The van der Waals surface area contributed by atoms with Crippen LogP contribution in [0.2, 0.25) is 0 Å². The Balaban J connectivity index is 1.35. The zero-order valence-electron chi connectivity index (χ0n) is 24.7. The lowest BCUT2D eigenvalue weighted by Gasteiger charge is -2.34. The lowest BCUT2D eigenvalue weighted by Crippen LogP contribution is -2.45. The third-order valence-electron chi connectivity index (χ3n) is 7.96. The Hall–Kier alpha value is -2.87. The second kappa shape index (κ2) is 13.4. The lowest BCUT2D eigenvalue weighted by atomic mass is 9.90. The maximum absolute atomic E-state index is 13.9. The van der Waals surface area contributed by atoms with E-state index in [4.69, 9.17) is 18.6 Å². The molecule has 2 aromatic carbocycles. The number of fused-ring (bicyclic) bond motifs is 2. The molecule has 1 aromatic heterocycles. The first kappa shape index (κ1) is 31.6. The van der Waals surface area contributed by atoms with Gasteiger partial charge in [-0.25, -0.2) is 13.4 Å². The fourth-order valence-corrected chi connectivity index (χ4v) is 7.50. The number of aliphatic hydroxyl groups is 2. The second-order valence-electron chi connectivity index (χ2n) is 11.8. The fraction of sp³-hybridized carbons (Fsp3) is 0.548. The first-order chi connectivity index (χ1) is 20.5. The average Bonchev–Trinajstić information content (AvgIpc) is 3.54. The molecule has 0 saturated carbocycles. The number of aromatic nitrogens is 1. The molecule has 0 aliphatic carbocycles. The van der Waals surface area contributed by atoms with E-state index in [1.807, 2.05) is 44.2 Å². The Bertz CT molecular complexity index is 1490. The largest absolute Gasteiger partial charge is 0.462 e. The molecule has 0 amide bonds. The van der Waals surface area contributed by atoms with E-state index in [0.717, 1.165) is 5.56 Å². The molecule has 3 heterocycles. The number of carbonyl (C=O) groups excluding carboxylic acids is 1. The molecule has 2 fully saturated rings. The van der Waals surface area contributed by atoms with Gasteiger partial charge in [0.2, 0.25) is 10.0 Å². The van der Waals surface area contributed by atoms with Crippen molar-refractivity contribution in [2.45, 2.75) is 69.5 Å². The summed E-state index contributed by atoms with van der Waals surface area (Å²) in [6.07, 6.45) is -2.56. The van der Waals surface area contributed by atoms with Crippen molar-refractivity contribution in [2.24, 2.45) is 17.8 Å². The van der Waals surface area contributed by atoms with Crippen LogP contribution < -0.4 is 0 Å². The van der Waals surface area contributed by atoms with E-state index in [2.05, 4.69) is 4.98 Å². The zero-order chi connectivity index (χ0) is 30.7. The number of aryl methyl sites for hydroxylation is 1. The van der Waals surface area contributed by atoms with Gasteiger partial charge in [0.1, 0.15) is 11.6 Å². The van der Waals surface area contributed by atoms with Crippen molar-refractivity contribution in [1.29, 1.82) is 0 Å². The summed E-state index contributed by atoms with van der Waals surface area (Å²) < 4.78 is 51.4. The van der Waals surface area contributed by atoms with Crippen LogP contribution in [0.3, 0.4) is 0 Å². The number of hydrogen-bond acceptors (Lipinski definition) is 10. The van der Waals surface area contributed by atoms with Gasteiger partial charge in [0.05, 0.1) is 42.7 Å². The number of hydrogen-bond donors (Lipinski definition) is 2. The highest BCUT2D eigenvalue weighted by atomic mass is 32.2. The number of benzene rings is 2. The van der Waals surface area contributed by atoms with Crippen molar-refractivity contribution in [3.63, 3.8) is 0 Å². The average molecular weight is 617 g/mol. The smallest absolute Gasteiger partial charge is 0.306 e. The Kier molecular flexibility index (Phi) is 9.84. The van der Waals surface area contributed by atoms with Crippen LogP contribution in [0, 0.1) is 24.7 Å². The Morgan fingerprint density at radius 1 is 1.14 bits per heavy atom. The van der Waals surface area contributed by atoms with Gasteiger partial charge in [-0.1, -0.05) is 44.2 Å². The standard InChI is InChI=1S/C31H40N2O9S/c1-19(2)16-33(43(37,38)23-9-10-24-28(15-23)41-20(3)32-24)17-25(34)22(13-21-7-5-4-6-8-21)14-29(36)42-27-11-12-39-31-30(27)26(35)18-40-31/h4-10,15,19,22,25-27,30-31,34-35H,11-14,16-18H2,1-3H3/t22-,25-,26+,27+,30+,31+/m1/s1. The van der Waals surface area contributed by atoms with Gasteiger partial charge in [0.25, 0.3) is 0 Å². The van der Waals surface area contributed by atoms with Crippen molar-refractivity contribution >= 4 is 27.1 Å². The van der Waals surface area contributed by atoms with Gasteiger partial charge in [-0.05, 0) is 30.0 Å². The molecule has 12 heteroatoms. The number of carbonyl (C=O) groups is 1. The summed E-state index contributed by atoms with van der Waals surface area (Å²) in [4.78, 5) is 17.6. The first-order valence-electron chi connectivity index (χ1n) is 14.7. The number of nitrogens with zero attached hydrogens (tertiary/aromatic N) is 2. The summed E-state index contributed by atoms with van der Waals surface area (Å²) in [5.41, 5.74) is 1.82. The lowest BCUT2D eigenvalue weighted by molar-refractivity contribution is -0.199. The molecule has 234 valence electrons. The van der Waals surface area contributed by atoms with E-state index in [9.17, 15) is 23.4 Å². The fourth-order valence-electron chi connectivity index (χ4n) is 5.87. The van der Waals surface area contributed by atoms with Crippen LogP contribution in [0.5, 0.6) is 0 Å². The molecule has 3 aromatic rings. The molecule has 0 unspecified atom stereocenters. The van der Waals surface area contributed by atoms with Crippen molar-refractivity contribution in [3.05, 3.63) is 60.0 Å². The van der Waals surface area contributed by atoms with Crippen LogP contribution in [-0.4, -0.2) is 84.8 Å². The Labute approximate surface area is 251 Å². The molecular formula is C31H40N2O9S. The van der Waals surface area contributed by atoms with Crippen molar-refractivity contribution in [1.82, 2.24) is 9.29 Å². The molecule has 0 bridgehead atoms. The maximum Gasteiger partial charge on any atom is 0.306 e. The highest BCUT2D eigenvalue weighted by Crippen LogP contribution is 2.34. The van der Waals surface area contributed by atoms with Crippen molar-refractivity contribution in [3.8, 4) is 0 Å². The van der Waals surface area contributed by atoms with Gasteiger partial charge in [-0.15, -0.1) is 0 Å². The SMILES string of the molecule is Cc1nc2ccc(S(=O)(=O)N(CC(C)C)C[C@@H](O)[C@@H](CC(=O)O[C@H]3CCO[C@H]4OC[C@H](O)[C@H]43)Cc3ccccc3)cc2o1. The van der Waals surface area contributed by atoms with E-state index in [-0.39, 0.29) is 36.9 Å². The molecular weight excluding hydrogens is 576 g/mol. The number of rotatable bonds is 12. The van der Waals surface area contributed by atoms with E-state index >= 15 is 0 Å². The molecule has 43 heavy (non-hydrogen) atoms. The number of oxazole rings is 1.